The first-order valence-corrected chi connectivity index (χ1v) is 15.3. The Morgan fingerprint density at radius 1 is 0.951 bits per heavy atom. The number of pyridine rings is 2. The van der Waals surface area contributed by atoms with Gasteiger partial charge in [-0.1, -0.05) is 19.8 Å². The van der Waals surface area contributed by atoms with Crippen LogP contribution in [0.4, 0.5) is 17.5 Å². The number of nitrogens with zero attached hydrogens (tertiary/aromatic N) is 7. The number of hydrogen-bond acceptors (Lipinski definition) is 9. The van der Waals surface area contributed by atoms with Gasteiger partial charge >= 0.3 is 0 Å². The molecule has 0 unspecified atom stereocenters. The van der Waals surface area contributed by atoms with Crippen molar-refractivity contribution in [3.05, 3.63) is 46.0 Å². The highest BCUT2D eigenvalue weighted by Gasteiger charge is 2.28. The largest absolute Gasteiger partial charge is 0.370 e. The molecular formula is C31H42N8O2. The van der Waals surface area contributed by atoms with Gasteiger partial charge in [0.25, 0.3) is 5.56 Å². The third-order valence-corrected chi connectivity index (χ3v) is 9.44. The number of nitrogens with one attached hydrogen (secondary N) is 1. The maximum absolute atomic E-state index is 13.5. The molecule has 0 aromatic carbocycles. The van der Waals surface area contributed by atoms with Crippen molar-refractivity contribution in [2.75, 3.05) is 56.0 Å². The van der Waals surface area contributed by atoms with Gasteiger partial charge in [-0.05, 0) is 63.8 Å². The van der Waals surface area contributed by atoms with Gasteiger partial charge in [-0.15, -0.1) is 0 Å². The summed E-state index contributed by atoms with van der Waals surface area (Å²) in [6.07, 6.45) is 9.98. The second-order valence-corrected chi connectivity index (χ2v) is 11.8. The number of ketones is 1. The van der Waals surface area contributed by atoms with Crippen molar-refractivity contribution >= 4 is 34.3 Å². The van der Waals surface area contributed by atoms with Crippen molar-refractivity contribution in [3.63, 3.8) is 0 Å². The minimum Gasteiger partial charge on any atom is -0.370 e. The van der Waals surface area contributed by atoms with E-state index in [-0.39, 0.29) is 22.9 Å². The summed E-state index contributed by atoms with van der Waals surface area (Å²) in [5, 5.41) is 3.98. The van der Waals surface area contributed by atoms with Crippen LogP contribution in [-0.2, 0) is 0 Å². The fraction of sp³-hybridized carbons (Fsp3) is 0.581. The fourth-order valence-electron chi connectivity index (χ4n) is 7.00. The van der Waals surface area contributed by atoms with Gasteiger partial charge in [-0.25, -0.2) is 9.97 Å². The Labute approximate surface area is 241 Å². The summed E-state index contributed by atoms with van der Waals surface area (Å²) in [4.78, 5) is 47.5. The van der Waals surface area contributed by atoms with Gasteiger partial charge in [0, 0.05) is 62.9 Å². The summed E-state index contributed by atoms with van der Waals surface area (Å²) in [6.45, 7) is 13.5. The summed E-state index contributed by atoms with van der Waals surface area (Å²) < 4.78 is 1.74. The van der Waals surface area contributed by atoms with Crippen LogP contribution in [0.5, 0.6) is 0 Å². The number of fused-ring (bicyclic) bond motifs is 1. The summed E-state index contributed by atoms with van der Waals surface area (Å²) >= 11 is 0. The van der Waals surface area contributed by atoms with E-state index in [0.29, 0.717) is 29.0 Å². The van der Waals surface area contributed by atoms with Crippen molar-refractivity contribution in [1.82, 2.24) is 29.3 Å². The molecule has 0 atom stereocenters. The molecule has 218 valence electrons. The molecule has 0 radical (unpaired) electrons. The van der Waals surface area contributed by atoms with E-state index in [1.54, 1.807) is 10.8 Å². The Kier molecular flexibility index (Phi) is 8.03. The third-order valence-electron chi connectivity index (χ3n) is 9.44. The van der Waals surface area contributed by atoms with Crippen molar-refractivity contribution in [2.45, 2.75) is 71.4 Å². The Balaban J connectivity index is 1.16. The van der Waals surface area contributed by atoms with Gasteiger partial charge < -0.3 is 15.1 Å². The van der Waals surface area contributed by atoms with Crippen LogP contribution in [0.2, 0.25) is 0 Å². The van der Waals surface area contributed by atoms with Gasteiger partial charge in [0.15, 0.2) is 5.78 Å². The van der Waals surface area contributed by atoms with Crippen LogP contribution in [0.25, 0.3) is 11.0 Å². The number of carbonyl (C=O) groups is 1. The Hall–Kier alpha value is -3.37. The lowest BCUT2D eigenvalue weighted by Crippen LogP contribution is -2.53. The monoisotopic (exact) mass is 558 g/mol. The maximum Gasteiger partial charge on any atom is 0.263 e. The lowest BCUT2D eigenvalue weighted by atomic mass is 10.0. The second-order valence-electron chi connectivity index (χ2n) is 11.8. The molecule has 1 aliphatic carbocycles. The molecule has 3 aromatic heterocycles. The topological polar surface area (TPSA) is 99.5 Å². The van der Waals surface area contributed by atoms with Gasteiger partial charge in [-0.3, -0.25) is 19.1 Å². The van der Waals surface area contributed by atoms with Crippen LogP contribution < -0.4 is 15.8 Å². The molecule has 3 aromatic rings. The number of aromatic nitrogens is 4. The molecule has 2 aliphatic heterocycles. The predicted octanol–water partition coefficient (Wildman–Crippen LogP) is 4.16. The Morgan fingerprint density at radius 3 is 2.32 bits per heavy atom. The van der Waals surface area contributed by atoms with Crippen LogP contribution in [-0.4, -0.2) is 87.0 Å². The molecule has 10 heteroatoms. The number of hydrogen-bond donors (Lipinski definition) is 1. The average molecular weight is 559 g/mol. The number of anilines is 3. The zero-order chi connectivity index (χ0) is 28.5. The highest BCUT2D eigenvalue weighted by Crippen LogP contribution is 2.32. The van der Waals surface area contributed by atoms with Crippen LogP contribution >= 0.6 is 0 Å². The van der Waals surface area contributed by atoms with Crippen LogP contribution in [0.1, 0.15) is 74.3 Å². The van der Waals surface area contributed by atoms with E-state index < -0.39 is 0 Å². The second kappa shape index (κ2) is 11.9. The van der Waals surface area contributed by atoms with Crippen LogP contribution in [0.3, 0.4) is 0 Å². The lowest BCUT2D eigenvalue weighted by Gasteiger charge is -2.43. The first kappa shape index (κ1) is 27.8. The molecule has 0 bridgehead atoms. The summed E-state index contributed by atoms with van der Waals surface area (Å²) in [6, 6.07) is 4.80. The van der Waals surface area contributed by atoms with E-state index in [9.17, 15) is 9.59 Å². The molecule has 0 spiro atoms. The standard InChI is InChI=1S/C31H42N8O2/c1-4-36-15-17-38(18-16-36)23-11-13-37(14-12-23)25-9-10-27(32-19-25)34-31-33-20-26-21(2)28(22(3)40)30(41)39(29(26)35-31)24-7-5-6-8-24/h9-10,19-20,23-24H,4-8,11-18H2,1-3H3,(H,32,33,34,35). The molecule has 2 saturated heterocycles. The van der Waals surface area contributed by atoms with E-state index in [2.05, 4.69) is 43.0 Å². The first-order valence-electron chi connectivity index (χ1n) is 15.3. The molecule has 3 aliphatic rings. The minimum atomic E-state index is -0.242. The number of piperidine rings is 1. The molecule has 3 fully saturated rings. The maximum atomic E-state index is 13.5. The van der Waals surface area contributed by atoms with Crippen molar-refractivity contribution in [2.24, 2.45) is 0 Å². The number of carbonyl (C=O) groups excluding carboxylic acids is 1. The molecular weight excluding hydrogens is 516 g/mol. The molecule has 10 nitrogen and oxygen atoms in total. The number of Topliss-reactive ketones (excluding diaryl/α,β-unsaturated/α-hetero) is 1. The Morgan fingerprint density at radius 2 is 1.68 bits per heavy atom. The van der Waals surface area contributed by atoms with E-state index >= 15 is 0 Å². The van der Waals surface area contributed by atoms with Gasteiger partial charge in [0.2, 0.25) is 5.95 Å². The summed E-state index contributed by atoms with van der Waals surface area (Å²) in [5.41, 5.74) is 2.36. The number of piperazine rings is 1. The van der Waals surface area contributed by atoms with Gasteiger partial charge in [0.1, 0.15) is 11.5 Å². The highest BCUT2D eigenvalue weighted by atomic mass is 16.1. The normalized spacial score (nSPS) is 19.7. The molecule has 1 N–H and O–H groups in total. The average Bonchev–Trinajstić information content (AvgIpc) is 3.52. The van der Waals surface area contributed by atoms with Crippen molar-refractivity contribution in [3.8, 4) is 0 Å². The van der Waals surface area contributed by atoms with E-state index in [0.717, 1.165) is 56.4 Å². The number of rotatable bonds is 7. The predicted molar refractivity (Wildman–Crippen MR) is 162 cm³/mol. The molecule has 6 rings (SSSR count). The van der Waals surface area contributed by atoms with Gasteiger partial charge in [-0.2, -0.15) is 4.98 Å². The fourth-order valence-corrected chi connectivity index (χ4v) is 7.00. The SMILES string of the molecule is CCN1CCN(C2CCN(c3ccc(Nc4ncc5c(C)c(C(C)=O)c(=O)n(C6CCCC6)c5n4)nc3)CC2)CC1. The summed E-state index contributed by atoms with van der Waals surface area (Å²) in [5.74, 6) is 0.832. The Bertz CT molecular complexity index is 1450. The molecule has 41 heavy (non-hydrogen) atoms. The quantitative estimate of drug-likeness (QED) is 0.429. The zero-order valence-corrected chi connectivity index (χ0v) is 24.6. The molecule has 5 heterocycles. The lowest BCUT2D eigenvalue weighted by molar-refractivity contribution is 0.0878. The smallest absolute Gasteiger partial charge is 0.263 e. The van der Waals surface area contributed by atoms with E-state index in [1.807, 2.05) is 19.2 Å². The molecule has 0 amide bonds. The third kappa shape index (κ3) is 5.59. The van der Waals surface area contributed by atoms with Gasteiger partial charge in [0.05, 0.1) is 17.4 Å². The number of aryl methyl sites for hydroxylation is 1. The van der Waals surface area contributed by atoms with Crippen molar-refractivity contribution in [1.29, 1.82) is 0 Å². The molecule has 1 saturated carbocycles. The van der Waals surface area contributed by atoms with Crippen LogP contribution in [0, 0.1) is 6.92 Å². The minimum absolute atomic E-state index is 0.0500. The summed E-state index contributed by atoms with van der Waals surface area (Å²) in [7, 11) is 0. The van der Waals surface area contributed by atoms with E-state index in [1.165, 1.54) is 45.9 Å². The number of likely N-dealkylation sites (N-methyl/N-ethyl adjacent to an activating group) is 1. The zero-order valence-electron chi connectivity index (χ0n) is 24.6. The van der Waals surface area contributed by atoms with Crippen molar-refractivity contribution < 1.29 is 4.79 Å². The van der Waals surface area contributed by atoms with E-state index in [4.69, 9.17) is 4.98 Å². The highest BCUT2D eigenvalue weighted by molar-refractivity contribution is 5.99. The van der Waals surface area contributed by atoms with Crippen LogP contribution in [0.15, 0.2) is 29.3 Å². The first-order chi connectivity index (χ1) is 19.9.